The highest BCUT2D eigenvalue weighted by Crippen LogP contribution is 1.97. The van der Waals surface area contributed by atoms with Crippen molar-refractivity contribution < 1.29 is 0 Å². The lowest BCUT2D eigenvalue weighted by atomic mass is 10.7. The minimum atomic E-state index is 0.669. The maximum Gasteiger partial charge on any atom is 0.0572 e. The van der Waals surface area contributed by atoms with Crippen molar-refractivity contribution in [1.29, 1.82) is 0 Å². The average molecular weight is 183 g/mol. The molecule has 0 aromatic carbocycles. The molecule has 2 nitrogen and oxygen atoms in total. The van der Waals surface area contributed by atoms with Gasteiger partial charge in [-0.2, -0.15) is 4.51 Å². The molecule has 2 N–H and O–H groups in total. The first-order valence-corrected chi connectivity index (χ1v) is 2.66. The number of hydrogen-bond donors (Lipinski definition) is 1. The van der Waals surface area contributed by atoms with Crippen molar-refractivity contribution >= 4 is 33.9 Å². The van der Waals surface area contributed by atoms with E-state index in [0.717, 1.165) is 0 Å². The second kappa shape index (κ2) is 4.15. The van der Waals surface area contributed by atoms with E-state index in [1.165, 1.54) is 12.4 Å². The molecule has 0 saturated heterocycles. The Bertz CT molecular complexity index is 99.1. The SMILES string of the molecule is NC=C(Br)C=NCl. The molecule has 40 valence electrons. The molecule has 0 radical (unpaired) electrons. The Balaban J connectivity index is 3.58. The quantitative estimate of drug-likeness (QED) is 0.613. The average Bonchev–Trinajstić information content (AvgIpc) is 1.68. The van der Waals surface area contributed by atoms with Gasteiger partial charge in [-0.15, -0.1) is 0 Å². The molecule has 0 aromatic rings. The lowest BCUT2D eigenvalue weighted by Crippen LogP contribution is -1.80. The third-order valence-corrected chi connectivity index (χ3v) is 0.898. The van der Waals surface area contributed by atoms with Crippen LogP contribution in [0, 0.1) is 0 Å². The summed E-state index contributed by atoms with van der Waals surface area (Å²) in [4.78, 5) is 0. The molecule has 0 unspecified atom stereocenters. The number of nitrogens with two attached hydrogens (primary N) is 1. The number of halogens is 2. The predicted molar refractivity (Wildman–Crippen MR) is 35.5 cm³/mol. The Morgan fingerprint density at radius 2 is 2.43 bits per heavy atom. The predicted octanol–water partition coefficient (Wildman–Crippen LogP) is 1.41. The van der Waals surface area contributed by atoms with Crippen molar-refractivity contribution in [2.75, 3.05) is 0 Å². The van der Waals surface area contributed by atoms with Crippen LogP contribution in [0.3, 0.4) is 0 Å². The summed E-state index contributed by atoms with van der Waals surface area (Å²) in [5.74, 6) is 0. The molecule has 0 bridgehead atoms. The summed E-state index contributed by atoms with van der Waals surface area (Å²) in [5, 5.41) is 0. The molecule has 0 saturated carbocycles. The van der Waals surface area contributed by atoms with Gasteiger partial charge in [0.15, 0.2) is 0 Å². The van der Waals surface area contributed by atoms with Crippen LogP contribution in [0.25, 0.3) is 0 Å². The molecule has 0 aliphatic heterocycles. The summed E-state index contributed by atoms with van der Waals surface area (Å²) in [6, 6.07) is 0. The van der Waals surface area contributed by atoms with Gasteiger partial charge in [-0.3, -0.25) is 0 Å². The van der Waals surface area contributed by atoms with E-state index >= 15 is 0 Å². The summed E-state index contributed by atoms with van der Waals surface area (Å²) >= 11 is 7.96. The first kappa shape index (κ1) is 6.98. The van der Waals surface area contributed by atoms with Crippen molar-refractivity contribution in [3.8, 4) is 0 Å². The van der Waals surface area contributed by atoms with Gasteiger partial charge in [0.05, 0.1) is 10.7 Å². The Labute approximate surface area is 55.3 Å². The zero-order valence-corrected chi connectivity index (χ0v) is 5.78. The Morgan fingerprint density at radius 3 is 2.57 bits per heavy atom. The van der Waals surface area contributed by atoms with E-state index in [2.05, 4.69) is 20.4 Å². The molecule has 0 rings (SSSR count). The third kappa shape index (κ3) is 3.82. The van der Waals surface area contributed by atoms with E-state index in [4.69, 9.17) is 17.5 Å². The van der Waals surface area contributed by atoms with Gasteiger partial charge in [-0.1, -0.05) is 0 Å². The maximum absolute atomic E-state index is 5.00. The summed E-state index contributed by atoms with van der Waals surface area (Å²) in [5.41, 5.74) is 5.00. The van der Waals surface area contributed by atoms with Gasteiger partial charge >= 0.3 is 0 Å². The zero-order valence-electron chi connectivity index (χ0n) is 3.44. The van der Waals surface area contributed by atoms with Crippen LogP contribution < -0.4 is 5.73 Å². The van der Waals surface area contributed by atoms with Crippen LogP contribution in [0.1, 0.15) is 0 Å². The van der Waals surface area contributed by atoms with Crippen LogP contribution in [-0.2, 0) is 0 Å². The minimum absolute atomic E-state index is 0.669. The highest BCUT2D eigenvalue weighted by molar-refractivity contribution is 9.12. The van der Waals surface area contributed by atoms with E-state index in [1.54, 1.807) is 0 Å². The molecular formula is C3H4BrClN2. The van der Waals surface area contributed by atoms with Crippen molar-refractivity contribution in [2.45, 2.75) is 0 Å². The van der Waals surface area contributed by atoms with Crippen molar-refractivity contribution in [3.63, 3.8) is 0 Å². The third-order valence-electron chi connectivity index (χ3n) is 0.331. The Morgan fingerprint density at radius 1 is 1.86 bits per heavy atom. The first-order chi connectivity index (χ1) is 3.31. The monoisotopic (exact) mass is 182 g/mol. The van der Waals surface area contributed by atoms with Crippen LogP contribution >= 0.6 is 27.7 Å². The largest absolute Gasteiger partial charge is 0.404 e. The molecule has 0 aliphatic rings. The molecule has 7 heavy (non-hydrogen) atoms. The van der Waals surface area contributed by atoms with Crippen molar-refractivity contribution in [3.05, 3.63) is 10.7 Å². The number of hydrogen-bond acceptors (Lipinski definition) is 2. The fraction of sp³-hybridized carbons (Fsp3) is 0. The van der Waals surface area contributed by atoms with Gasteiger partial charge in [0.1, 0.15) is 0 Å². The summed E-state index contributed by atoms with van der Waals surface area (Å²) < 4.78 is 3.83. The smallest absolute Gasteiger partial charge is 0.0572 e. The molecule has 0 fully saturated rings. The zero-order chi connectivity index (χ0) is 5.70. The standard InChI is InChI=1S/C3H4BrClN2/c4-3(1-6)2-7-5/h1-2H,6H2. The van der Waals surface area contributed by atoms with E-state index in [0.29, 0.717) is 4.48 Å². The first-order valence-electron chi connectivity index (χ1n) is 1.53. The van der Waals surface area contributed by atoms with E-state index in [-0.39, 0.29) is 0 Å². The molecule has 0 aliphatic carbocycles. The van der Waals surface area contributed by atoms with Crippen molar-refractivity contribution in [2.24, 2.45) is 10.2 Å². The molecule has 0 spiro atoms. The second-order valence-corrected chi connectivity index (χ2v) is 1.89. The van der Waals surface area contributed by atoms with Gasteiger partial charge < -0.3 is 5.73 Å². The van der Waals surface area contributed by atoms with Gasteiger partial charge in [-0.05, 0) is 15.9 Å². The fourth-order valence-electron chi connectivity index (χ4n) is 0.0896. The summed E-state index contributed by atoms with van der Waals surface area (Å²) in [6.07, 6.45) is 2.74. The van der Waals surface area contributed by atoms with Crippen LogP contribution in [0.4, 0.5) is 0 Å². The van der Waals surface area contributed by atoms with Gasteiger partial charge in [0, 0.05) is 18.0 Å². The second-order valence-electron chi connectivity index (χ2n) is 0.778. The Hall–Kier alpha value is -0.0200. The van der Waals surface area contributed by atoms with E-state index in [1.807, 2.05) is 0 Å². The van der Waals surface area contributed by atoms with Crippen LogP contribution in [0.5, 0.6) is 0 Å². The fourth-order valence-corrected chi connectivity index (χ4v) is 0.415. The van der Waals surface area contributed by atoms with Gasteiger partial charge in [-0.25, -0.2) is 0 Å². The van der Waals surface area contributed by atoms with Gasteiger partial charge in [0.25, 0.3) is 0 Å². The van der Waals surface area contributed by atoms with Crippen LogP contribution in [0.2, 0.25) is 0 Å². The number of rotatable bonds is 1. The minimum Gasteiger partial charge on any atom is -0.404 e. The summed E-state index contributed by atoms with van der Waals surface area (Å²) in [6.45, 7) is 0. The molecular weight excluding hydrogens is 179 g/mol. The maximum atomic E-state index is 5.00. The summed E-state index contributed by atoms with van der Waals surface area (Å²) in [7, 11) is 0. The highest BCUT2D eigenvalue weighted by atomic mass is 79.9. The highest BCUT2D eigenvalue weighted by Gasteiger charge is 1.76. The van der Waals surface area contributed by atoms with E-state index < -0.39 is 0 Å². The normalized spacial score (nSPS) is 13.1. The molecule has 0 aromatic heterocycles. The van der Waals surface area contributed by atoms with Crippen molar-refractivity contribution in [1.82, 2.24) is 0 Å². The van der Waals surface area contributed by atoms with E-state index in [9.17, 15) is 0 Å². The van der Waals surface area contributed by atoms with Crippen LogP contribution in [0.15, 0.2) is 15.2 Å². The molecule has 0 atom stereocenters. The number of nitrogens with zero attached hydrogens (tertiary/aromatic N) is 1. The Kier molecular flexibility index (Phi) is 4.14. The van der Waals surface area contributed by atoms with Gasteiger partial charge in [0.2, 0.25) is 0 Å². The lowest BCUT2D eigenvalue weighted by Gasteiger charge is -1.76. The molecule has 0 amide bonds. The topological polar surface area (TPSA) is 38.4 Å². The van der Waals surface area contributed by atoms with Crippen LogP contribution in [-0.4, -0.2) is 6.21 Å². The number of allylic oxidation sites excluding steroid dienone is 1. The molecule has 0 heterocycles. The molecule has 4 heteroatoms. The lowest BCUT2D eigenvalue weighted by molar-refractivity contribution is 1.61.